The number of hydrogen-bond acceptors (Lipinski definition) is 6. The summed E-state index contributed by atoms with van der Waals surface area (Å²) in [5.41, 5.74) is 1.31. The van der Waals surface area contributed by atoms with Crippen molar-refractivity contribution in [1.82, 2.24) is 9.80 Å². The van der Waals surface area contributed by atoms with Gasteiger partial charge < -0.3 is 9.47 Å². The van der Waals surface area contributed by atoms with Crippen molar-refractivity contribution >= 4 is 41.0 Å². The minimum atomic E-state index is -1.14. The van der Waals surface area contributed by atoms with Crippen LogP contribution < -0.4 is 4.74 Å². The number of rotatable bonds is 4. The second kappa shape index (κ2) is 8.26. The molecule has 2 amide bonds. The van der Waals surface area contributed by atoms with Crippen LogP contribution in [0.25, 0.3) is 11.1 Å². The Morgan fingerprint density at radius 3 is 2.50 bits per heavy atom. The van der Waals surface area contributed by atoms with E-state index in [0.29, 0.717) is 28.8 Å². The Morgan fingerprint density at radius 1 is 1.06 bits per heavy atom. The van der Waals surface area contributed by atoms with E-state index < -0.39 is 29.4 Å². The summed E-state index contributed by atoms with van der Waals surface area (Å²) in [7, 11) is 4.39. The molecule has 0 N–H and O–H groups in total. The molecule has 0 bridgehead atoms. The van der Waals surface area contributed by atoms with Gasteiger partial charge in [0.1, 0.15) is 11.3 Å². The van der Waals surface area contributed by atoms with Crippen LogP contribution in [0.4, 0.5) is 0 Å². The summed E-state index contributed by atoms with van der Waals surface area (Å²) in [6.45, 7) is 0.591. The molecule has 2 aromatic carbocycles. The van der Waals surface area contributed by atoms with Gasteiger partial charge in [-0.05, 0) is 48.7 Å². The average Bonchev–Trinajstić information content (AvgIpc) is 3.45. The van der Waals surface area contributed by atoms with Crippen molar-refractivity contribution in [3.63, 3.8) is 0 Å². The molecule has 0 radical (unpaired) electrons. The number of carbonyl (C=O) groups excluding carboxylic acids is 3. The van der Waals surface area contributed by atoms with Crippen molar-refractivity contribution in [3.05, 3.63) is 52.0 Å². The summed E-state index contributed by atoms with van der Waals surface area (Å²) in [6, 6.07) is 10.6. The van der Waals surface area contributed by atoms with Crippen molar-refractivity contribution in [2.75, 3.05) is 27.8 Å². The normalized spacial score (nSPS) is 28.3. The number of esters is 1. The van der Waals surface area contributed by atoms with Crippen LogP contribution in [0.5, 0.6) is 5.75 Å². The summed E-state index contributed by atoms with van der Waals surface area (Å²) in [6.07, 6.45) is 1.21. The number of benzene rings is 2. The lowest BCUT2D eigenvalue weighted by atomic mass is 9.77. The van der Waals surface area contributed by atoms with Crippen molar-refractivity contribution in [2.45, 2.75) is 24.4 Å². The third kappa shape index (κ3) is 3.03. The number of fused-ring (bicyclic) bond motifs is 3. The van der Waals surface area contributed by atoms with Gasteiger partial charge in [0, 0.05) is 18.7 Å². The highest BCUT2D eigenvalue weighted by Crippen LogP contribution is 2.59. The Labute approximate surface area is 207 Å². The van der Waals surface area contributed by atoms with Crippen molar-refractivity contribution in [1.29, 1.82) is 0 Å². The fourth-order valence-electron chi connectivity index (χ4n) is 6.14. The first-order valence-corrected chi connectivity index (χ1v) is 11.8. The Balaban J connectivity index is 1.64. The van der Waals surface area contributed by atoms with Crippen LogP contribution in [0.1, 0.15) is 24.4 Å². The quantitative estimate of drug-likeness (QED) is 0.465. The smallest absolute Gasteiger partial charge is 0.327 e. The summed E-state index contributed by atoms with van der Waals surface area (Å²) in [5.74, 6) is -1.91. The Bertz CT molecular complexity index is 1220. The molecular formula is C25H24Cl2N2O5. The second-order valence-corrected chi connectivity index (χ2v) is 9.80. The minimum absolute atomic E-state index is 0.273. The number of ether oxygens (including phenoxy) is 2. The number of amides is 2. The van der Waals surface area contributed by atoms with Crippen molar-refractivity contribution in [2.24, 2.45) is 11.8 Å². The molecule has 3 aliphatic heterocycles. The molecule has 3 aliphatic rings. The number of methoxy groups -OCH3 is 2. The molecule has 3 unspecified atom stereocenters. The van der Waals surface area contributed by atoms with Crippen LogP contribution in [0.15, 0.2) is 36.4 Å². The van der Waals surface area contributed by atoms with E-state index in [1.54, 1.807) is 19.2 Å². The molecule has 0 spiro atoms. The standard InChI is InChI=1S/C25H24Cl2N2O5/c1-28-22(30)19-20(23(28)31)25(24(32)34-3)9-4-10-29(25)21(19)14-5-7-15(18(12-14)33-2)13-6-8-16(26)17(27)11-13/h5-8,11-12,19-21H,4,9-10H2,1-3H3/t19?,20?,21?,25-/m0/s1. The minimum Gasteiger partial charge on any atom is -0.496 e. The molecule has 3 saturated heterocycles. The van der Waals surface area contributed by atoms with E-state index in [0.717, 1.165) is 28.0 Å². The molecule has 3 fully saturated rings. The molecule has 4 atom stereocenters. The van der Waals surface area contributed by atoms with Gasteiger partial charge in [-0.25, -0.2) is 0 Å². The maximum absolute atomic E-state index is 13.2. The Hall–Kier alpha value is -2.61. The number of hydrogen-bond donors (Lipinski definition) is 0. The van der Waals surface area contributed by atoms with E-state index >= 15 is 0 Å². The maximum Gasteiger partial charge on any atom is 0.327 e. The van der Waals surface area contributed by atoms with Crippen LogP contribution in [0.2, 0.25) is 10.0 Å². The van der Waals surface area contributed by atoms with E-state index in [-0.39, 0.29) is 11.8 Å². The van der Waals surface area contributed by atoms with Gasteiger partial charge in [0.15, 0.2) is 0 Å². The predicted octanol–water partition coefficient (Wildman–Crippen LogP) is 3.96. The largest absolute Gasteiger partial charge is 0.496 e. The summed E-state index contributed by atoms with van der Waals surface area (Å²) < 4.78 is 10.9. The molecule has 178 valence electrons. The van der Waals surface area contributed by atoms with Crippen LogP contribution >= 0.6 is 23.2 Å². The highest BCUT2D eigenvalue weighted by molar-refractivity contribution is 6.42. The third-order valence-corrected chi connectivity index (χ3v) is 8.31. The molecule has 7 nitrogen and oxygen atoms in total. The average molecular weight is 503 g/mol. The zero-order chi connectivity index (χ0) is 24.4. The monoisotopic (exact) mass is 502 g/mol. The van der Waals surface area contributed by atoms with Crippen LogP contribution in [0.3, 0.4) is 0 Å². The van der Waals surface area contributed by atoms with Gasteiger partial charge in [0.05, 0.1) is 36.1 Å². The van der Waals surface area contributed by atoms with Gasteiger partial charge in [-0.1, -0.05) is 41.4 Å². The molecule has 5 rings (SSSR count). The number of halogens is 2. The molecule has 34 heavy (non-hydrogen) atoms. The van der Waals surface area contributed by atoms with E-state index in [2.05, 4.69) is 0 Å². The predicted molar refractivity (Wildman–Crippen MR) is 127 cm³/mol. The summed E-state index contributed by atoms with van der Waals surface area (Å²) >= 11 is 12.3. The van der Waals surface area contributed by atoms with Gasteiger partial charge in [-0.3, -0.25) is 24.2 Å². The fraction of sp³-hybridized carbons (Fsp3) is 0.400. The van der Waals surface area contributed by atoms with Crippen LogP contribution in [0, 0.1) is 11.8 Å². The molecule has 2 aromatic rings. The summed E-state index contributed by atoms with van der Waals surface area (Å²) in [5, 5.41) is 0.890. The van der Waals surface area contributed by atoms with Crippen LogP contribution in [-0.2, 0) is 19.1 Å². The third-order valence-electron chi connectivity index (χ3n) is 7.57. The number of nitrogens with zero attached hydrogens (tertiary/aromatic N) is 2. The van der Waals surface area contributed by atoms with E-state index in [9.17, 15) is 14.4 Å². The van der Waals surface area contributed by atoms with Gasteiger partial charge >= 0.3 is 5.97 Å². The number of likely N-dealkylation sites (tertiary alicyclic amines) is 1. The maximum atomic E-state index is 13.2. The highest BCUT2D eigenvalue weighted by atomic mass is 35.5. The Morgan fingerprint density at radius 2 is 1.82 bits per heavy atom. The molecule has 0 saturated carbocycles. The molecular weight excluding hydrogens is 479 g/mol. The lowest BCUT2D eigenvalue weighted by Gasteiger charge is -2.35. The fourth-order valence-corrected chi connectivity index (χ4v) is 6.44. The van der Waals surface area contributed by atoms with Crippen molar-refractivity contribution in [3.8, 4) is 16.9 Å². The lowest BCUT2D eigenvalue weighted by molar-refractivity contribution is -0.158. The zero-order valence-corrected chi connectivity index (χ0v) is 20.5. The van der Waals surface area contributed by atoms with Gasteiger partial charge in [-0.15, -0.1) is 0 Å². The molecule has 9 heteroatoms. The zero-order valence-electron chi connectivity index (χ0n) is 19.0. The summed E-state index contributed by atoms with van der Waals surface area (Å²) in [4.78, 5) is 42.7. The number of carbonyl (C=O) groups is 3. The van der Waals surface area contributed by atoms with Gasteiger partial charge in [0.25, 0.3) is 0 Å². The van der Waals surface area contributed by atoms with E-state index in [1.807, 2.05) is 29.2 Å². The second-order valence-electron chi connectivity index (χ2n) is 8.99. The van der Waals surface area contributed by atoms with E-state index in [4.69, 9.17) is 32.7 Å². The highest BCUT2D eigenvalue weighted by Gasteiger charge is 2.73. The Kier molecular flexibility index (Phi) is 5.62. The SMILES string of the molecule is COC(=O)[C@@]12CCCN1C(c1ccc(-c3ccc(Cl)c(Cl)c3)c(OC)c1)C1C(=O)N(C)C(=O)C12. The molecule has 0 aliphatic carbocycles. The van der Waals surface area contributed by atoms with Gasteiger partial charge in [0.2, 0.25) is 11.8 Å². The topological polar surface area (TPSA) is 76.2 Å². The van der Waals surface area contributed by atoms with Gasteiger partial charge in [-0.2, -0.15) is 0 Å². The first kappa shape index (κ1) is 23.1. The number of imide groups is 1. The first-order chi connectivity index (χ1) is 16.3. The van der Waals surface area contributed by atoms with Crippen LogP contribution in [-0.4, -0.2) is 60.9 Å². The van der Waals surface area contributed by atoms with Crippen molar-refractivity contribution < 1.29 is 23.9 Å². The van der Waals surface area contributed by atoms with E-state index in [1.165, 1.54) is 14.2 Å². The first-order valence-electron chi connectivity index (χ1n) is 11.1. The molecule has 3 heterocycles. The lowest BCUT2D eigenvalue weighted by Crippen LogP contribution is -2.54. The molecule has 0 aromatic heterocycles.